The third-order valence-corrected chi connectivity index (χ3v) is 2.20. The molecule has 18 heavy (non-hydrogen) atoms. The largest absolute Gasteiger partial charge is 0.478 e. The number of carbonyl (C=O) groups is 1. The summed E-state index contributed by atoms with van der Waals surface area (Å²) in [6.07, 6.45) is 0. The van der Waals surface area contributed by atoms with Crippen molar-refractivity contribution in [3.8, 4) is 11.5 Å². The van der Waals surface area contributed by atoms with Gasteiger partial charge in [-0.3, -0.25) is 0 Å². The zero-order valence-electron chi connectivity index (χ0n) is 9.06. The highest BCUT2D eigenvalue weighted by Gasteiger charge is 2.13. The molecule has 0 aliphatic rings. The van der Waals surface area contributed by atoms with E-state index in [4.69, 9.17) is 9.84 Å². The molecule has 92 valence electrons. The van der Waals surface area contributed by atoms with Crippen LogP contribution in [0.1, 0.15) is 10.4 Å². The van der Waals surface area contributed by atoms with Gasteiger partial charge in [0.1, 0.15) is 28.7 Å². The SMILES string of the molecule is O=C(O)c1cc(F)ccc1Oc1cccc(F)c1. The van der Waals surface area contributed by atoms with Gasteiger partial charge in [-0.25, -0.2) is 13.6 Å². The molecule has 2 aromatic rings. The third-order valence-electron chi connectivity index (χ3n) is 2.20. The van der Waals surface area contributed by atoms with Gasteiger partial charge in [-0.05, 0) is 30.3 Å². The lowest BCUT2D eigenvalue weighted by atomic mass is 10.2. The van der Waals surface area contributed by atoms with E-state index >= 15 is 0 Å². The summed E-state index contributed by atoms with van der Waals surface area (Å²) in [5, 5.41) is 8.90. The van der Waals surface area contributed by atoms with Crippen molar-refractivity contribution < 1.29 is 23.4 Å². The van der Waals surface area contributed by atoms with Crippen molar-refractivity contribution in [2.45, 2.75) is 0 Å². The van der Waals surface area contributed by atoms with Crippen LogP contribution >= 0.6 is 0 Å². The summed E-state index contributed by atoms with van der Waals surface area (Å²) in [4.78, 5) is 10.9. The number of hydrogen-bond acceptors (Lipinski definition) is 2. The second-order valence-corrected chi connectivity index (χ2v) is 3.51. The molecule has 0 spiro atoms. The van der Waals surface area contributed by atoms with Crippen molar-refractivity contribution >= 4 is 5.97 Å². The van der Waals surface area contributed by atoms with E-state index in [1.807, 2.05) is 0 Å². The van der Waals surface area contributed by atoms with Crippen molar-refractivity contribution in [3.63, 3.8) is 0 Å². The smallest absolute Gasteiger partial charge is 0.339 e. The standard InChI is InChI=1S/C13H8F2O3/c14-8-2-1-3-10(6-8)18-12-5-4-9(15)7-11(12)13(16)17/h1-7H,(H,16,17). The van der Waals surface area contributed by atoms with Crippen molar-refractivity contribution in [2.75, 3.05) is 0 Å². The number of rotatable bonds is 3. The third kappa shape index (κ3) is 2.63. The van der Waals surface area contributed by atoms with Crippen molar-refractivity contribution in [1.82, 2.24) is 0 Å². The Morgan fingerprint density at radius 2 is 1.78 bits per heavy atom. The van der Waals surface area contributed by atoms with Crippen molar-refractivity contribution in [3.05, 3.63) is 59.7 Å². The fourth-order valence-electron chi connectivity index (χ4n) is 1.42. The average molecular weight is 250 g/mol. The normalized spacial score (nSPS) is 10.1. The second kappa shape index (κ2) is 4.83. The van der Waals surface area contributed by atoms with Gasteiger partial charge in [0.2, 0.25) is 0 Å². The molecule has 0 unspecified atom stereocenters. The molecular weight excluding hydrogens is 242 g/mol. The summed E-state index contributed by atoms with van der Waals surface area (Å²) < 4.78 is 31.1. The first-order chi connectivity index (χ1) is 8.56. The van der Waals surface area contributed by atoms with Crippen LogP contribution in [0.25, 0.3) is 0 Å². The number of aromatic carboxylic acids is 1. The number of hydrogen-bond donors (Lipinski definition) is 1. The van der Waals surface area contributed by atoms with Gasteiger partial charge in [-0.1, -0.05) is 6.07 Å². The Balaban J connectivity index is 2.37. The molecule has 5 heteroatoms. The average Bonchev–Trinajstić information content (AvgIpc) is 2.31. The van der Waals surface area contributed by atoms with E-state index in [9.17, 15) is 13.6 Å². The maximum absolute atomic E-state index is 12.9. The van der Waals surface area contributed by atoms with Gasteiger partial charge in [0.15, 0.2) is 0 Å². The molecule has 0 saturated carbocycles. The van der Waals surface area contributed by atoms with Crippen LogP contribution in [0.3, 0.4) is 0 Å². The van der Waals surface area contributed by atoms with Gasteiger partial charge in [0.25, 0.3) is 0 Å². The van der Waals surface area contributed by atoms with Crippen LogP contribution in [0.15, 0.2) is 42.5 Å². The minimum absolute atomic E-state index is 0.0468. The number of carboxylic acids is 1. The Kier molecular flexibility index (Phi) is 3.23. The second-order valence-electron chi connectivity index (χ2n) is 3.51. The predicted molar refractivity (Wildman–Crippen MR) is 59.8 cm³/mol. The number of halogens is 2. The van der Waals surface area contributed by atoms with E-state index in [2.05, 4.69) is 0 Å². The molecule has 0 aliphatic heterocycles. The quantitative estimate of drug-likeness (QED) is 0.907. The highest BCUT2D eigenvalue weighted by molar-refractivity contribution is 5.91. The lowest BCUT2D eigenvalue weighted by molar-refractivity contribution is 0.0693. The predicted octanol–water partition coefficient (Wildman–Crippen LogP) is 3.46. The van der Waals surface area contributed by atoms with Crippen LogP contribution in [0.2, 0.25) is 0 Å². The van der Waals surface area contributed by atoms with Gasteiger partial charge < -0.3 is 9.84 Å². The van der Waals surface area contributed by atoms with Gasteiger partial charge in [-0.15, -0.1) is 0 Å². The molecule has 0 radical (unpaired) electrons. The molecular formula is C13H8F2O3. The molecule has 0 bridgehead atoms. The van der Waals surface area contributed by atoms with Crippen LogP contribution in [-0.2, 0) is 0 Å². The van der Waals surface area contributed by atoms with Crippen LogP contribution in [0.5, 0.6) is 11.5 Å². The fourth-order valence-corrected chi connectivity index (χ4v) is 1.42. The van der Waals surface area contributed by atoms with Crippen LogP contribution in [-0.4, -0.2) is 11.1 Å². The van der Waals surface area contributed by atoms with Gasteiger partial charge in [-0.2, -0.15) is 0 Å². The number of ether oxygens (including phenoxy) is 1. The maximum atomic E-state index is 12.9. The number of benzene rings is 2. The lowest BCUT2D eigenvalue weighted by Crippen LogP contribution is -2.00. The first-order valence-corrected chi connectivity index (χ1v) is 5.02. The van der Waals surface area contributed by atoms with E-state index in [0.717, 1.165) is 18.2 Å². The Labute approximate surface area is 101 Å². The number of carboxylic acid groups (broad SMARTS) is 1. The van der Waals surface area contributed by atoms with E-state index in [0.29, 0.717) is 0 Å². The zero-order chi connectivity index (χ0) is 13.1. The topological polar surface area (TPSA) is 46.5 Å². The Hall–Kier alpha value is -2.43. The molecule has 0 fully saturated rings. The van der Waals surface area contributed by atoms with E-state index in [1.54, 1.807) is 0 Å². The molecule has 2 rings (SSSR count). The van der Waals surface area contributed by atoms with E-state index < -0.39 is 17.6 Å². The highest BCUT2D eigenvalue weighted by atomic mass is 19.1. The highest BCUT2D eigenvalue weighted by Crippen LogP contribution is 2.26. The van der Waals surface area contributed by atoms with Crippen molar-refractivity contribution in [1.29, 1.82) is 0 Å². The van der Waals surface area contributed by atoms with Crippen molar-refractivity contribution in [2.24, 2.45) is 0 Å². The van der Waals surface area contributed by atoms with Gasteiger partial charge in [0.05, 0.1) is 0 Å². The first kappa shape index (κ1) is 12.0. The summed E-state index contributed by atoms with van der Waals surface area (Å²) >= 11 is 0. The van der Waals surface area contributed by atoms with E-state index in [1.165, 1.54) is 24.3 Å². The fraction of sp³-hybridized carbons (Fsp3) is 0. The zero-order valence-corrected chi connectivity index (χ0v) is 9.06. The lowest BCUT2D eigenvalue weighted by Gasteiger charge is -2.08. The summed E-state index contributed by atoms with van der Waals surface area (Å²) in [6.45, 7) is 0. The summed E-state index contributed by atoms with van der Waals surface area (Å²) in [7, 11) is 0. The molecule has 0 atom stereocenters. The maximum Gasteiger partial charge on any atom is 0.339 e. The minimum atomic E-state index is -1.32. The molecule has 2 aromatic carbocycles. The van der Waals surface area contributed by atoms with Crippen LogP contribution < -0.4 is 4.74 Å². The molecule has 0 heterocycles. The molecule has 0 aliphatic carbocycles. The Morgan fingerprint density at radius 3 is 2.44 bits per heavy atom. The summed E-state index contributed by atoms with van der Waals surface area (Å²) in [6, 6.07) is 8.33. The monoisotopic (exact) mass is 250 g/mol. The Morgan fingerprint density at radius 1 is 1.06 bits per heavy atom. The molecule has 0 aromatic heterocycles. The minimum Gasteiger partial charge on any atom is -0.478 e. The summed E-state index contributed by atoms with van der Waals surface area (Å²) in [5.41, 5.74) is -0.320. The summed E-state index contributed by atoms with van der Waals surface area (Å²) in [5.74, 6) is -2.41. The van der Waals surface area contributed by atoms with Crippen LogP contribution in [0.4, 0.5) is 8.78 Å². The van der Waals surface area contributed by atoms with E-state index in [-0.39, 0.29) is 17.1 Å². The first-order valence-electron chi connectivity index (χ1n) is 5.02. The van der Waals surface area contributed by atoms with Gasteiger partial charge in [0, 0.05) is 6.07 Å². The van der Waals surface area contributed by atoms with Gasteiger partial charge >= 0.3 is 5.97 Å². The molecule has 1 N–H and O–H groups in total. The molecule has 0 saturated heterocycles. The molecule has 0 amide bonds. The molecule has 3 nitrogen and oxygen atoms in total. The van der Waals surface area contributed by atoms with Crippen LogP contribution in [0, 0.1) is 11.6 Å². The Bertz CT molecular complexity index is 597.